The lowest BCUT2D eigenvalue weighted by molar-refractivity contribution is 0.100. The van der Waals surface area contributed by atoms with Crippen LogP contribution in [0.25, 0.3) is 0 Å². The number of hydrogen-bond donors (Lipinski definition) is 1. The average molecular weight is 244 g/mol. The third kappa shape index (κ3) is 2.41. The smallest absolute Gasteiger partial charge is 0.248 e. The van der Waals surface area contributed by atoms with E-state index in [4.69, 9.17) is 5.73 Å². The van der Waals surface area contributed by atoms with Crippen molar-refractivity contribution < 1.29 is 4.79 Å². The van der Waals surface area contributed by atoms with Crippen LogP contribution in [0.1, 0.15) is 47.5 Å². The Bertz CT molecular complexity index is 428. The number of nitrogens with zero attached hydrogens (tertiary/aromatic N) is 1. The molecule has 2 N–H and O–H groups in total. The molecule has 2 aliphatic rings. The molecule has 3 heteroatoms. The summed E-state index contributed by atoms with van der Waals surface area (Å²) in [5, 5.41) is 0. The third-order valence-corrected chi connectivity index (χ3v) is 4.26. The van der Waals surface area contributed by atoms with Gasteiger partial charge < -0.3 is 10.6 Å². The number of carbonyl (C=O) groups is 1. The minimum atomic E-state index is -0.342. The van der Waals surface area contributed by atoms with Gasteiger partial charge in [-0.05, 0) is 62.4 Å². The summed E-state index contributed by atoms with van der Waals surface area (Å²) in [6, 6.07) is 8.73. The molecule has 1 aromatic rings. The van der Waals surface area contributed by atoms with Crippen molar-refractivity contribution in [1.29, 1.82) is 0 Å². The van der Waals surface area contributed by atoms with Crippen molar-refractivity contribution in [2.24, 2.45) is 5.73 Å². The van der Waals surface area contributed by atoms with Crippen molar-refractivity contribution in [2.45, 2.75) is 37.6 Å². The molecular weight excluding hydrogens is 224 g/mol. The van der Waals surface area contributed by atoms with Crippen molar-refractivity contribution in [1.82, 2.24) is 4.90 Å². The third-order valence-electron chi connectivity index (χ3n) is 4.26. The molecule has 0 bridgehead atoms. The fourth-order valence-corrected chi connectivity index (χ4v) is 2.96. The highest BCUT2D eigenvalue weighted by molar-refractivity contribution is 5.92. The summed E-state index contributed by atoms with van der Waals surface area (Å²) in [6.07, 6.45) is 5.29. The molecule has 96 valence electrons. The summed E-state index contributed by atoms with van der Waals surface area (Å²) in [7, 11) is 0. The van der Waals surface area contributed by atoms with Crippen molar-refractivity contribution in [2.75, 3.05) is 13.1 Å². The number of carbonyl (C=O) groups excluding carboxylic acids is 1. The number of piperidine rings is 1. The SMILES string of the molecule is NC(=O)c1ccc(C2CCN(C3CC3)CC2)cc1. The molecule has 0 unspecified atom stereocenters. The molecule has 0 aromatic heterocycles. The van der Waals surface area contributed by atoms with Gasteiger partial charge in [0.2, 0.25) is 5.91 Å². The minimum Gasteiger partial charge on any atom is -0.366 e. The van der Waals surface area contributed by atoms with E-state index in [-0.39, 0.29) is 5.91 Å². The predicted molar refractivity (Wildman–Crippen MR) is 71.5 cm³/mol. The fraction of sp³-hybridized carbons (Fsp3) is 0.533. The standard InChI is InChI=1S/C15H20N2O/c16-15(18)13-3-1-11(2-4-13)12-7-9-17(10-8-12)14-5-6-14/h1-4,12,14H,5-10H2,(H2,16,18). The van der Waals surface area contributed by atoms with Gasteiger partial charge in [0, 0.05) is 11.6 Å². The zero-order chi connectivity index (χ0) is 12.5. The molecule has 1 saturated heterocycles. The summed E-state index contributed by atoms with van der Waals surface area (Å²) in [6.45, 7) is 2.46. The van der Waals surface area contributed by atoms with Gasteiger partial charge in [-0.15, -0.1) is 0 Å². The molecule has 18 heavy (non-hydrogen) atoms. The Morgan fingerprint density at radius 2 is 1.67 bits per heavy atom. The summed E-state index contributed by atoms with van der Waals surface area (Å²) in [5.74, 6) is 0.312. The van der Waals surface area contributed by atoms with Crippen molar-refractivity contribution >= 4 is 5.91 Å². The van der Waals surface area contributed by atoms with E-state index < -0.39 is 0 Å². The van der Waals surface area contributed by atoms with Crippen molar-refractivity contribution in [3.8, 4) is 0 Å². The van der Waals surface area contributed by atoms with E-state index in [1.807, 2.05) is 12.1 Å². The number of hydrogen-bond acceptors (Lipinski definition) is 2. The molecule has 1 amide bonds. The Balaban J connectivity index is 1.62. The molecule has 0 atom stereocenters. The first-order chi connectivity index (χ1) is 8.74. The molecule has 3 nitrogen and oxygen atoms in total. The summed E-state index contributed by atoms with van der Waals surface area (Å²) in [5.41, 5.74) is 7.22. The zero-order valence-electron chi connectivity index (χ0n) is 10.6. The van der Waals surface area contributed by atoms with Gasteiger partial charge in [0.05, 0.1) is 0 Å². The molecule has 0 spiro atoms. The number of nitrogens with two attached hydrogens (primary N) is 1. The fourth-order valence-electron chi connectivity index (χ4n) is 2.96. The van der Waals surface area contributed by atoms with Crippen LogP contribution in [-0.4, -0.2) is 29.9 Å². The van der Waals surface area contributed by atoms with Crippen LogP contribution in [0.3, 0.4) is 0 Å². The predicted octanol–water partition coefficient (Wildman–Crippen LogP) is 2.13. The van der Waals surface area contributed by atoms with Gasteiger partial charge in [-0.1, -0.05) is 12.1 Å². The van der Waals surface area contributed by atoms with E-state index in [0.29, 0.717) is 11.5 Å². The lowest BCUT2D eigenvalue weighted by Crippen LogP contribution is -2.34. The van der Waals surface area contributed by atoms with Crippen LogP contribution < -0.4 is 5.73 Å². The highest BCUT2D eigenvalue weighted by atomic mass is 16.1. The quantitative estimate of drug-likeness (QED) is 0.885. The maximum atomic E-state index is 11.0. The van der Waals surface area contributed by atoms with Crippen LogP contribution in [0.4, 0.5) is 0 Å². The molecule has 1 heterocycles. The highest BCUT2D eigenvalue weighted by Crippen LogP contribution is 2.34. The number of rotatable bonds is 3. The Hall–Kier alpha value is -1.35. The molecule has 1 aliphatic heterocycles. The molecule has 2 fully saturated rings. The van der Waals surface area contributed by atoms with Crippen molar-refractivity contribution in [3.05, 3.63) is 35.4 Å². The lowest BCUT2D eigenvalue weighted by Gasteiger charge is -2.32. The zero-order valence-corrected chi connectivity index (χ0v) is 10.6. The maximum absolute atomic E-state index is 11.0. The number of amides is 1. The van der Waals surface area contributed by atoms with Gasteiger partial charge in [0.15, 0.2) is 0 Å². The van der Waals surface area contributed by atoms with E-state index in [1.165, 1.54) is 44.3 Å². The molecule has 0 radical (unpaired) electrons. The summed E-state index contributed by atoms with van der Waals surface area (Å²) >= 11 is 0. The first-order valence-corrected chi connectivity index (χ1v) is 6.88. The van der Waals surface area contributed by atoms with Crippen LogP contribution in [0, 0.1) is 0 Å². The van der Waals surface area contributed by atoms with Crippen LogP contribution in [0.2, 0.25) is 0 Å². The van der Waals surface area contributed by atoms with E-state index in [2.05, 4.69) is 17.0 Å². The molecule has 1 saturated carbocycles. The molecular formula is C15H20N2O. The Kier molecular flexibility index (Phi) is 3.08. The van der Waals surface area contributed by atoms with Gasteiger partial charge in [0.25, 0.3) is 0 Å². The van der Waals surface area contributed by atoms with Crippen molar-refractivity contribution in [3.63, 3.8) is 0 Å². The van der Waals surface area contributed by atoms with Crippen LogP contribution in [-0.2, 0) is 0 Å². The van der Waals surface area contributed by atoms with E-state index in [9.17, 15) is 4.79 Å². The second-order valence-electron chi connectivity index (χ2n) is 5.53. The molecule has 1 aliphatic carbocycles. The first-order valence-electron chi connectivity index (χ1n) is 6.88. The van der Waals surface area contributed by atoms with Gasteiger partial charge in [-0.2, -0.15) is 0 Å². The van der Waals surface area contributed by atoms with Gasteiger partial charge in [-0.25, -0.2) is 0 Å². The lowest BCUT2D eigenvalue weighted by atomic mass is 9.89. The summed E-state index contributed by atoms with van der Waals surface area (Å²) in [4.78, 5) is 13.7. The highest BCUT2D eigenvalue weighted by Gasteiger charge is 2.31. The number of benzene rings is 1. The van der Waals surface area contributed by atoms with Crippen LogP contribution in [0.15, 0.2) is 24.3 Å². The van der Waals surface area contributed by atoms with Crippen LogP contribution in [0.5, 0.6) is 0 Å². The Morgan fingerprint density at radius 1 is 1.06 bits per heavy atom. The van der Waals surface area contributed by atoms with E-state index in [0.717, 1.165) is 6.04 Å². The minimum absolute atomic E-state index is 0.342. The monoisotopic (exact) mass is 244 g/mol. The molecule has 3 rings (SSSR count). The Morgan fingerprint density at radius 3 is 2.17 bits per heavy atom. The Labute approximate surface area is 108 Å². The average Bonchev–Trinajstić information content (AvgIpc) is 3.23. The molecule has 1 aromatic carbocycles. The number of primary amides is 1. The number of likely N-dealkylation sites (tertiary alicyclic amines) is 1. The first kappa shape index (κ1) is 11.7. The maximum Gasteiger partial charge on any atom is 0.248 e. The van der Waals surface area contributed by atoms with E-state index >= 15 is 0 Å². The van der Waals surface area contributed by atoms with E-state index in [1.54, 1.807) is 0 Å². The largest absolute Gasteiger partial charge is 0.366 e. The van der Waals surface area contributed by atoms with Crippen LogP contribution >= 0.6 is 0 Å². The van der Waals surface area contributed by atoms with Gasteiger partial charge in [-0.3, -0.25) is 4.79 Å². The van der Waals surface area contributed by atoms with Gasteiger partial charge >= 0.3 is 0 Å². The summed E-state index contributed by atoms with van der Waals surface area (Å²) < 4.78 is 0. The normalized spacial score (nSPS) is 22.0. The second kappa shape index (κ2) is 4.73. The second-order valence-corrected chi connectivity index (χ2v) is 5.53. The topological polar surface area (TPSA) is 46.3 Å². The van der Waals surface area contributed by atoms with Gasteiger partial charge in [0.1, 0.15) is 0 Å².